The van der Waals surface area contributed by atoms with Crippen molar-refractivity contribution in [1.29, 1.82) is 5.26 Å². The second-order valence-electron chi connectivity index (χ2n) is 11.1. The molecule has 0 saturated carbocycles. The number of nitrogens with zero attached hydrogens (tertiary/aromatic N) is 1. The van der Waals surface area contributed by atoms with Crippen molar-refractivity contribution < 1.29 is 14.3 Å². The summed E-state index contributed by atoms with van der Waals surface area (Å²) in [5.41, 5.74) is 5.68. The zero-order valence-corrected chi connectivity index (χ0v) is 22.9. The molecule has 0 radical (unpaired) electrons. The van der Waals surface area contributed by atoms with Crippen LogP contribution in [0.4, 0.5) is 4.79 Å². The van der Waals surface area contributed by atoms with Crippen LogP contribution >= 0.6 is 12.8 Å². The summed E-state index contributed by atoms with van der Waals surface area (Å²) in [6.07, 6.45) is 1.76. The van der Waals surface area contributed by atoms with E-state index in [1.54, 1.807) is 26.8 Å². The number of hydrogen-bond acceptors (Lipinski definition) is 6. The lowest BCUT2D eigenvalue weighted by molar-refractivity contribution is 0.0575. The van der Waals surface area contributed by atoms with Gasteiger partial charge in [-0.3, -0.25) is 9.52 Å². The molecule has 1 aromatic heterocycles. The maximum Gasteiger partial charge on any atom is 0.417 e. The van der Waals surface area contributed by atoms with Gasteiger partial charge in [-0.1, -0.05) is 50.9 Å². The van der Waals surface area contributed by atoms with Crippen LogP contribution in [0.1, 0.15) is 91.7 Å². The van der Waals surface area contributed by atoms with E-state index in [0.29, 0.717) is 11.5 Å². The summed E-state index contributed by atoms with van der Waals surface area (Å²) >= 11 is 3.50. The standard InChI is InChI=1S/C24H23N3O.C5H11NO2S/c1-24(2)19-12-16(15-7-9-26-10-8-15)4-6-17(19)22(28)21-18-5-3-14(13-25)11-20(18)27-23(21)24;1-5(2,3)8-4(7)6-9/h3-6,11-12,15,26-27H,7-10H2,1-2H3;9H,1-3H3,(H,6,7). The maximum atomic E-state index is 13.4. The Labute approximate surface area is 223 Å². The van der Waals surface area contributed by atoms with Crippen LogP contribution in [0, 0.1) is 11.3 Å². The fraction of sp³-hybridized carbons (Fsp3) is 0.414. The Hall–Kier alpha value is -3.28. The molecular formula is C29H34N4O3S. The number of amides is 1. The molecule has 2 aromatic carbocycles. The number of nitrogens with one attached hydrogen (secondary N) is 3. The van der Waals surface area contributed by atoms with Crippen LogP contribution in [0.2, 0.25) is 0 Å². The average Bonchev–Trinajstić information content (AvgIpc) is 3.27. The van der Waals surface area contributed by atoms with E-state index in [1.807, 2.05) is 18.2 Å². The number of carbonyl (C=O) groups is 2. The van der Waals surface area contributed by atoms with Gasteiger partial charge in [0.1, 0.15) is 5.60 Å². The molecular weight excluding hydrogens is 484 g/mol. The molecule has 1 saturated heterocycles. The topological polar surface area (TPSA) is 107 Å². The number of thiol groups is 1. The molecule has 3 aromatic rings. The van der Waals surface area contributed by atoms with Crippen molar-refractivity contribution in [3.05, 3.63) is 69.9 Å². The number of ketones is 1. The lowest BCUT2D eigenvalue weighted by atomic mass is 9.70. The molecule has 1 fully saturated rings. The number of rotatable bonds is 1. The number of carbonyl (C=O) groups excluding carboxylic acids is 2. The first-order valence-corrected chi connectivity index (χ1v) is 13.0. The second kappa shape index (κ2) is 10.2. The zero-order valence-electron chi connectivity index (χ0n) is 22.0. The molecule has 194 valence electrons. The molecule has 2 aliphatic rings. The molecule has 1 aliphatic carbocycles. The molecule has 8 heteroatoms. The van der Waals surface area contributed by atoms with Crippen LogP contribution in [0.25, 0.3) is 10.9 Å². The van der Waals surface area contributed by atoms with E-state index >= 15 is 0 Å². The van der Waals surface area contributed by atoms with Gasteiger partial charge in [-0.05, 0) is 75.9 Å². The van der Waals surface area contributed by atoms with Crippen molar-refractivity contribution in [1.82, 2.24) is 15.0 Å². The number of ether oxygens (including phenoxy) is 1. The van der Waals surface area contributed by atoms with Crippen LogP contribution in [-0.2, 0) is 10.2 Å². The third kappa shape index (κ3) is 5.39. The molecule has 7 nitrogen and oxygen atoms in total. The molecule has 0 unspecified atom stereocenters. The van der Waals surface area contributed by atoms with E-state index in [9.17, 15) is 14.9 Å². The fourth-order valence-electron chi connectivity index (χ4n) is 5.23. The smallest absolute Gasteiger partial charge is 0.417 e. The minimum atomic E-state index is -0.522. The monoisotopic (exact) mass is 518 g/mol. The number of nitriles is 1. The average molecular weight is 519 g/mol. The minimum Gasteiger partial charge on any atom is -0.443 e. The molecule has 0 spiro atoms. The van der Waals surface area contributed by atoms with Gasteiger partial charge in [0.2, 0.25) is 0 Å². The highest BCUT2D eigenvalue weighted by Gasteiger charge is 2.40. The van der Waals surface area contributed by atoms with Gasteiger partial charge in [0.05, 0.1) is 17.2 Å². The van der Waals surface area contributed by atoms with E-state index in [2.05, 4.69) is 59.9 Å². The number of fused-ring (bicyclic) bond motifs is 4. The minimum absolute atomic E-state index is 0.0807. The highest BCUT2D eigenvalue weighted by atomic mass is 32.1. The number of benzene rings is 2. The number of hydrogen-bond donors (Lipinski definition) is 4. The van der Waals surface area contributed by atoms with Gasteiger partial charge >= 0.3 is 6.09 Å². The summed E-state index contributed by atoms with van der Waals surface area (Å²) in [6, 6.07) is 14.1. The predicted molar refractivity (Wildman–Crippen MR) is 148 cm³/mol. The van der Waals surface area contributed by atoms with E-state index in [0.717, 1.165) is 59.2 Å². The molecule has 1 aliphatic heterocycles. The van der Waals surface area contributed by atoms with E-state index in [-0.39, 0.29) is 11.2 Å². The highest BCUT2D eigenvalue weighted by molar-refractivity contribution is 7.78. The summed E-state index contributed by atoms with van der Waals surface area (Å²) < 4.78 is 6.82. The van der Waals surface area contributed by atoms with Gasteiger partial charge in [0.25, 0.3) is 0 Å². The maximum absolute atomic E-state index is 13.4. The Bertz CT molecular complexity index is 1390. The summed E-state index contributed by atoms with van der Waals surface area (Å²) in [6.45, 7) is 11.8. The summed E-state index contributed by atoms with van der Waals surface area (Å²) in [4.78, 5) is 27.3. The zero-order chi connectivity index (χ0) is 27.0. The Morgan fingerprint density at radius 2 is 1.86 bits per heavy atom. The largest absolute Gasteiger partial charge is 0.443 e. The van der Waals surface area contributed by atoms with Crippen molar-refractivity contribution in [2.75, 3.05) is 13.1 Å². The van der Waals surface area contributed by atoms with Gasteiger partial charge in [-0.15, -0.1) is 0 Å². The summed E-state index contributed by atoms with van der Waals surface area (Å²) in [7, 11) is 0. The lowest BCUT2D eigenvalue weighted by Crippen LogP contribution is -2.31. The van der Waals surface area contributed by atoms with Gasteiger partial charge in [-0.25, -0.2) is 4.79 Å². The van der Waals surface area contributed by atoms with Gasteiger partial charge in [-0.2, -0.15) is 5.26 Å². The van der Waals surface area contributed by atoms with Crippen molar-refractivity contribution in [2.45, 2.75) is 64.4 Å². The lowest BCUT2D eigenvalue weighted by Gasteiger charge is -2.33. The van der Waals surface area contributed by atoms with E-state index < -0.39 is 11.7 Å². The van der Waals surface area contributed by atoms with Crippen LogP contribution < -0.4 is 10.0 Å². The third-order valence-electron chi connectivity index (χ3n) is 7.04. The summed E-state index contributed by atoms with van der Waals surface area (Å²) in [5.74, 6) is 0.636. The molecule has 5 rings (SSSR count). The number of piperidine rings is 1. The molecule has 3 N–H and O–H groups in total. The third-order valence-corrected chi connectivity index (χ3v) is 7.22. The molecule has 0 bridgehead atoms. The van der Waals surface area contributed by atoms with Crippen LogP contribution in [-0.4, -0.2) is 35.6 Å². The Balaban J connectivity index is 0.000000307. The molecule has 37 heavy (non-hydrogen) atoms. The van der Waals surface area contributed by atoms with Gasteiger partial charge < -0.3 is 15.0 Å². The first-order chi connectivity index (χ1) is 17.5. The van der Waals surface area contributed by atoms with Crippen molar-refractivity contribution in [3.63, 3.8) is 0 Å². The first-order valence-electron chi connectivity index (χ1n) is 12.6. The van der Waals surface area contributed by atoms with Crippen LogP contribution in [0.5, 0.6) is 0 Å². The highest BCUT2D eigenvalue weighted by Crippen LogP contribution is 2.44. The molecule has 0 atom stereocenters. The van der Waals surface area contributed by atoms with Crippen molar-refractivity contribution in [2.24, 2.45) is 0 Å². The van der Waals surface area contributed by atoms with Crippen molar-refractivity contribution in [3.8, 4) is 6.07 Å². The Kier molecular flexibility index (Phi) is 7.40. The van der Waals surface area contributed by atoms with E-state index in [1.165, 1.54) is 5.56 Å². The van der Waals surface area contributed by atoms with Crippen LogP contribution in [0.15, 0.2) is 36.4 Å². The first kappa shape index (κ1) is 26.8. The fourth-order valence-corrected chi connectivity index (χ4v) is 5.27. The van der Waals surface area contributed by atoms with Gasteiger partial charge in [0, 0.05) is 27.6 Å². The molecule has 1 amide bonds. The Morgan fingerprint density at radius 3 is 2.46 bits per heavy atom. The van der Waals surface area contributed by atoms with Crippen molar-refractivity contribution >= 4 is 35.6 Å². The van der Waals surface area contributed by atoms with E-state index in [4.69, 9.17) is 4.74 Å². The predicted octanol–water partition coefficient (Wildman–Crippen LogP) is 5.73. The summed E-state index contributed by atoms with van der Waals surface area (Å²) in [5, 5.41) is 13.5. The SMILES string of the molecule is CC(C)(C)OC(=O)NS.CC1(C)c2cc(C3CCNCC3)ccc2C(=O)c2c1[nH]c1cc(C#N)ccc21. The Morgan fingerprint density at radius 1 is 1.16 bits per heavy atom. The quantitative estimate of drug-likeness (QED) is 0.308. The second-order valence-corrected chi connectivity index (χ2v) is 11.4. The van der Waals surface area contributed by atoms with Crippen LogP contribution in [0.3, 0.4) is 0 Å². The molecule has 2 heterocycles. The normalized spacial score (nSPS) is 16.6. The van der Waals surface area contributed by atoms with Gasteiger partial charge in [0.15, 0.2) is 5.78 Å². The number of H-pyrrole nitrogens is 1. The number of aromatic amines is 1. The number of aromatic nitrogens is 1.